The first-order valence-corrected chi connectivity index (χ1v) is 4.56. The van der Waals surface area contributed by atoms with E-state index in [4.69, 9.17) is 9.47 Å². The molecular weight excluding hydrogens is 164 g/mol. The smallest absolute Gasteiger partial charge is 0.0785 e. The molecule has 0 radical (unpaired) electrons. The Balaban J connectivity index is 3.45. The van der Waals surface area contributed by atoms with Crippen molar-refractivity contribution in [2.45, 2.75) is 33.0 Å². The van der Waals surface area contributed by atoms with Gasteiger partial charge in [0.05, 0.1) is 25.4 Å². The molecule has 0 N–H and O–H groups in total. The van der Waals surface area contributed by atoms with E-state index in [1.807, 2.05) is 20.8 Å². The number of ether oxygens (including phenoxy) is 2. The van der Waals surface area contributed by atoms with Crippen LogP contribution < -0.4 is 0 Å². The zero-order valence-corrected chi connectivity index (χ0v) is 8.88. The van der Waals surface area contributed by atoms with Crippen LogP contribution in [0.1, 0.15) is 20.8 Å². The van der Waals surface area contributed by atoms with Gasteiger partial charge in [0.1, 0.15) is 0 Å². The van der Waals surface area contributed by atoms with Gasteiger partial charge in [0.15, 0.2) is 0 Å². The Morgan fingerprint density at radius 1 is 1.38 bits per heavy atom. The Labute approximate surface area is 81.2 Å². The maximum absolute atomic E-state index is 5.44. The highest BCUT2D eigenvalue weighted by Crippen LogP contribution is 1.99. The van der Waals surface area contributed by atoms with Gasteiger partial charge in [-0.05, 0) is 20.8 Å². The first-order valence-electron chi connectivity index (χ1n) is 4.56. The lowest BCUT2D eigenvalue weighted by molar-refractivity contribution is -0.0117. The van der Waals surface area contributed by atoms with Crippen LogP contribution in [0.5, 0.6) is 0 Å². The van der Waals surface area contributed by atoms with E-state index in [0.717, 1.165) is 5.57 Å². The third-order valence-corrected chi connectivity index (χ3v) is 1.54. The van der Waals surface area contributed by atoms with Crippen molar-refractivity contribution in [1.82, 2.24) is 0 Å². The summed E-state index contributed by atoms with van der Waals surface area (Å²) in [6.45, 7) is 14.5. The van der Waals surface area contributed by atoms with E-state index in [0.29, 0.717) is 13.2 Å². The van der Waals surface area contributed by atoms with Gasteiger partial charge in [0.25, 0.3) is 0 Å². The highest BCUT2D eigenvalue weighted by molar-refractivity contribution is 4.87. The van der Waals surface area contributed by atoms with Crippen molar-refractivity contribution >= 4 is 0 Å². The van der Waals surface area contributed by atoms with E-state index in [1.165, 1.54) is 0 Å². The van der Waals surface area contributed by atoms with Crippen LogP contribution in [0.15, 0.2) is 24.8 Å². The second-order valence-corrected chi connectivity index (χ2v) is 3.35. The van der Waals surface area contributed by atoms with Gasteiger partial charge < -0.3 is 9.47 Å². The topological polar surface area (TPSA) is 18.5 Å². The molecule has 2 nitrogen and oxygen atoms in total. The molecule has 0 aliphatic rings. The lowest BCUT2D eigenvalue weighted by Crippen LogP contribution is -2.19. The van der Waals surface area contributed by atoms with Gasteiger partial charge in [-0.25, -0.2) is 0 Å². The molecule has 0 aliphatic heterocycles. The minimum absolute atomic E-state index is 0.0934. The van der Waals surface area contributed by atoms with E-state index in [2.05, 4.69) is 13.2 Å². The van der Waals surface area contributed by atoms with E-state index < -0.39 is 0 Å². The van der Waals surface area contributed by atoms with E-state index in [9.17, 15) is 0 Å². The highest BCUT2D eigenvalue weighted by atomic mass is 16.5. The van der Waals surface area contributed by atoms with Crippen LogP contribution in [0, 0.1) is 0 Å². The molecule has 0 saturated carbocycles. The molecule has 76 valence electrons. The van der Waals surface area contributed by atoms with Crippen LogP contribution in [-0.4, -0.2) is 25.4 Å². The monoisotopic (exact) mass is 184 g/mol. The average molecular weight is 184 g/mol. The van der Waals surface area contributed by atoms with Crippen molar-refractivity contribution in [2.75, 3.05) is 13.2 Å². The molecule has 0 heterocycles. The average Bonchev–Trinajstić information content (AvgIpc) is 2.10. The Morgan fingerprint density at radius 2 is 2.00 bits per heavy atom. The minimum atomic E-state index is 0.0934. The van der Waals surface area contributed by atoms with Gasteiger partial charge in [-0.2, -0.15) is 0 Å². The summed E-state index contributed by atoms with van der Waals surface area (Å²) in [5.74, 6) is 0. The summed E-state index contributed by atoms with van der Waals surface area (Å²) in [7, 11) is 0. The molecule has 2 heteroatoms. The maximum atomic E-state index is 5.44. The molecule has 0 aromatic rings. The minimum Gasteiger partial charge on any atom is -0.372 e. The maximum Gasteiger partial charge on any atom is 0.0785 e. The van der Waals surface area contributed by atoms with Gasteiger partial charge in [-0.1, -0.05) is 18.2 Å². The number of hydrogen-bond donors (Lipinski definition) is 0. The van der Waals surface area contributed by atoms with Gasteiger partial charge >= 0.3 is 0 Å². The first-order chi connectivity index (χ1) is 6.06. The van der Waals surface area contributed by atoms with Gasteiger partial charge in [-0.15, -0.1) is 6.58 Å². The summed E-state index contributed by atoms with van der Waals surface area (Å²) < 4.78 is 10.9. The van der Waals surface area contributed by atoms with Gasteiger partial charge in [0, 0.05) is 0 Å². The zero-order valence-electron chi connectivity index (χ0n) is 8.88. The van der Waals surface area contributed by atoms with Crippen LogP contribution in [0.2, 0.25) is 0 Å². The van der Waals surface area contributed by atoms with Crippen molar-refractivity contribution in [1.29, 1.82) is 0 Å². The largest absolute Gasteiger partial charge is 0.372 e. The zero-order chi connectivity index (χ0) is 10.3. The molecule has 2 atom stereocenters. The van der Waals surface area contributed by atoms with Crippen molar-refractivity contribution in [3.63, 3.8) is 0 Å². The lowest BCUT2D eigenvalue weighted by atomic mass is 10.3. The van der Waals surface area contributed by atoms with Crippen molar-refractivity contribution in [2.24, 2.45) is 0 Å². The molecule has 0 aromatic carbocycles. The molecule has 0 bridgehead atoms. The molecule has 0 saturated heterocycles. The van der Waals surface area contributed by atoms with E-state index in [1.54, 1.807) is 6.08 Å². The van der Waals surface area contributed by atoms with Crippen LogP contribution in [0.4, 0.5) is 0 Å². The Morgan fingerprint density at radius 3 is 2.46 bits per heavy atom. The fourth-order valence-corrected chi connectivity index (χ4v) is 0.688. The molecular formula is C11H20O2. The number of rotatable bonds is 7. The van der Waals surface area contributed by atoms with Crippen LogP contribution >= 0.6 is 0 Å². The summed E-state index contributed by atoms with van der Waals surface area (Å²) in [6, 6.07) is 0. The molecule has 13 heavy (non-hydrogen) atoms. The Kier molecular flexibility index (Phi) is 6.55. The number of hydrogen-bond acceptors (Lipinski definition) is 2. The van der Waals surface area contributed by atoms with Crippen LogP contribution in [0.3, 0.4) is 0 Å². The Hall–Kier alpha value is -0.600. The first kappa shape index (κ1) is 12.4. The molecule has 0 fully saturated rings. The summed E-state index contributed by atoms with van der Waals surface area (Å²) in [4.78, 5) is 0. The van der Waals surface area contributed by atoms with E-state index >= 15 is 0 Å². The summed E-state index contributed by atoms with van der Waals surface area (Å²) in [5.41, 5.74) is 1.03. The summed E-state index contributed by atoms with van der Waals surface area (Å²) in [5, 5.41) is 0. The molecule has 0 aliphatic carbocycles. The summed E-state index contributed by atoms with van der Waals surface area (Å²) in [6.07, 6.45) is 1.97. The molecule has 0 rings (SSSR count). The van der Waals surface area contributed by atoms with E-state index in [-0.39, 0.29) is 12.2 Å². The molecule has 0 spiro atoms. The highest BCUT2D eigenvalue weighted by Gasteiger charge is 2.03. The van der Waals surface area contributed by atoms with Crippen molar-refractivity contribution < 1.29 is 9.47 Å². The molecule has 0 aromatic heterocycles. The fraction of sp³-hybridized carbons (Fsp3) is 0.636. The predicted octanol–water partition coefficient (Wildman–Crippen LogP) is 2.56. The third kappa shape index (κ3) is 7.75. The Bertz CT molecular complexity index is 163. The normalized spacial score (nSPS) is 15.0. The van der Waals surface area contributed by atoms with Crippen molar-refractivity contribution in [3.05, 3.63) is 24.8 Å². The lowest BCUT2D eigenvalue weighted by Gasteiger charge is -2.15. The quantitative estimate of drug-likeness (QED) is 0.566. The third-order valence-electron chi connectivity index (χ3n) is 1.54. The van der Waals surface area contributed by atoms with Gasteiger partial charge in [-0.3, -0.25) is 0 Å². The van der Waals surface area contributed by atoms with Crippen LogP contribution in [-0.2, 0) is 9.47 Å². The molecule has 2 unspecified atom stereocenters. The second kappa shape index (κ2) is 6.87. The van der Waals surface area contributed by atoms with Crippen molar-refractivity contribution in [3.8, 4) is 0 Å². The SMILES string of the molecule is C=CC(C)OCC(C)OCC(=C)C. The standard InChI is InChI=1S/C11H20O2/c1-6-10(4)13-8-11(5)12-7-9(2)3/h6,10-11H,1-2,7-8H2,3-5H3. The second-order valence-electron chi connectivity index (χ2n) is 3.35. The molecule has 0 amide bonds. The van der Waals surface area contributed by atoms with Crippen LogP contribution in [0.25, 0.3) is 0 Å². The van der Waals surface area contributed by atoms with Gasteiger partial charge in [0.2, 0.25) is 0 Å². The fourth-order valence-electron chi connectivity index (χ4n) is 0.688. The predicted molar refractivity (Wildman–Crippen MR) is 55.8 cm³/mol. The summed E-state index contributed by atoms with van der Waals surface area (Å²) >= 11 is 0.